The molecule has 0 unspecified atom stereocenters. The third kappa shape index (κ3) is 3.28. The van der Waals surface area contributed by atoms with E-state index in [0.29, 0.717) is 5.41 Å². The summed E-state index contributed by atoms with van der Waals surface area (Å²) in [6.45, 7) is 5.84. The van der Waals surface area contributed by atoms with Crippen molar-refractivity contribution in [3.8, 4) is 0 Å². The van der Waals surface area contributed by atoms with Crippen LogP contribution in [0.5, 0.6) is 0 Å². The van der Waals surface area contributed by atoms with E-state index >= 15 is 0 Å². The summed E-state index contributed by atoms with van der Waals surface area (Å²) in [5.74, 6) is 0. The molecule has 78 valence electrons. The van der Waals surface area contributed by atoms with Crippen LogP contribution in [0.25, 0.3) is 0 Å². The molecule has 0 heterocycles. The van der Waals surface area contributed by atoms with Gasteiger partial charge in [-0.15, -0.1) is 0 Å². The molecule has 0 radical (unpaired) electrons. The maximum atomic E-state index is 3.57. The monoisotopic (exact) mass is 184 g/mol. The molecular formula is C11H24N2. The molecule has 2 nitrogen and oxygen atoms in total. The highest BCUT2D eigenvalue weighted by Crippen LogP contribution is 2.39. The molecule has 1 aliphatic rings. The molecule has 1 fully saturated rings. The van der Waals surface area contributed by atoms with E-state index in [1.165, 1.54) is 51.7 Å². The highest BCUT2D eigenvalue weighted by Gasteiger charge is 2.35. The van der Waals surface area contributed by atoms with E-state index in [1.54, 1.807) is 0 Å². The fourth-order valence-electron chi connectivity index (χ4n) is 2.12. The van der Waals surface area contributed by atoms with Gasteiger partial charge in [-0.25, -0.2) is 0 Å². The van der Waals surface area contributed by atoms with Gasteiger partial charge in [-0.05, 0) is 38.3 Å². The predicted molar refractivity (Wildman–Crippen MR) is 58.0 cm³/mol. The molecule has 0 amide bonds. The van der Waals surface area contributed by atoms with Crippen molar-refractivity contribution in [2.75, 3.05) is 26.7 Å². The summed E-state index contributed by atoms with van der Waals surface area (Å²) < 4.78 is 0. The Labute approximate surface area is 82.5 Å². The van der Waals surface area contributed by atoms with Crippen molar-refractivity contribution in [1.29, 1.82) is 0 Å². The van der Waals surface area contributed by atoms with Crippen LogP contribution in [-0.2, 0) is 0 Å². The second-order valence-corrected chi connectivity index (χ2v) is 4.41. The number of nitrogens with one attached hydrogen (secondary N) is 2. The van der Waals surface area contributed by atoms with Crippen LogP contribution in [0.1, 0.15) is 39.0 Å². The molecule has 1 aliphatic carbocycles. The normalized spacial score (nSPS) is 19.8. The summed E-state index contributed by atoms with van der Waals surface area (Å²) in [7, 11) is 2.06. The van der Waals surface area contributed by atoms with Crippen molar-refractivity contribution in [1.82, 2.24) is 10.6 Å². The van der Waals surface area contributed by atoms with Gasteiger partial charge in [0.1, 0.15) is 0 Å². The van der Waals surface area contributed by atoms with E-state index in [9.17, 15) is 0 Å². The van der Waals surface area contributed by atoms with E-state index < -0.39 is 0 Å². The molecule has 13 heavy (non-hydrogen) atoms. The van der Waals surface area contributed by atoms with Crippen molar-refractivity contribution < 1.29 is 0 Å². The van der Waals surface area contributed by atoms with Crippen LogP contribution < -0.4 is 10.6 Å². The summed E-state index contributed by atoms with van der Waals surface area (Å²) in [6.07, 6.45) is 6.86. The van der Waals surface area contributed by atoms with Gasteiger partial charge in [0.15, 0.2) is 0 Å². The predicted octanol–water partition coefficient (Wildman–Crippen LogP) is 1.77. The fourth-order valence-corrected chi connectivity index (χ4v) is 2.12. The van der Waals surface area contributed by atoms with Crippen molar-refractivity contribution >= 4 is 0 Å². The lowest BCUT2D eigenvalue weighted by Crippen LogP contribution is -2.46. The summed E-state index contributed by atoms with van der Waals surface area (Å²) in [5, 5.41) is 6.89. The number of hydrogen-bond donors (Lipinski definition) is 2. The molecule has 1 saturated carbocycles. The molecule has 2 heteroatoms. The van der Waals surface area contributed by atoms with Crippen molar-refractivity contribution in [2.24, 2.45) is 5.41 Å². The van der Waals surface area contributed by atoms with Crippen LogP contribution in [-0.4, -0.2) is 26.7 Å². The van der Waals surface area contributed by atoms with Gasteiger partial charge in [0.05, 0.1) is 0 Å². The summed E-state index contributed by atoms with van der Waals surface area (Å²) in [5.41, 5.74) is 0.600. The van der Waals surface area contributed by atoms with Gasteiger partial charge in [-0.3, -0.25) is 0 Å². The minimum Gasteiger partial charge on any atom is -0.319 e. The van der Waals surface area contributed by atoms with Crippen LogP contribution in [0, 0.1) is 5.41 Å². The fraction of sp³-hybridized carbons (Fsp3) is 1.00. The second-order valence-electron chi connectivity index (χ2n) is 4.41. The molecule has 2 N–H and O–H groups in total. The van der Waals surface area contributed by atoms with Gasteiger partial charge in [-0.2, -0.15) is 0 Å². The standard InChI is InChI=1S/C11H24N2/c1-3-4-8-13-10-11(9-12-2)6-5-7-11/h12-13H,3-10H2,1-2H3. The van der Waals surface area contributed by atoms with Crippen LogP contribution >= 0.6 is 0 Å². The lowest BCUT2D eigenvalue weighted by atomic mass is 9.68. The Balaban J connectivity index is 2.09. The van der Waals surface area contributed by atoms with Crippen LogP contribution in [0.2, 0.25) is 0 Å². The van der Waals surface area contributed by atoms with Crippen LogP contribution in [0.15, 0.2) is 0 Å². The average molecular weight is 184 g/mol. The third-order valence-corrected chi connectivity index (χ3v) is 3.17. The highest BCUT2D eigenvalue weighted by atomic mass is 14.9. The molecule has 0 spiro atoms. The number of rotatable bonds is 7. The van der Waals surface area contributed by atoms with E-state index in [0.717, 1.165) is 0 Å². The van der Waals surface area contributed by atoms with Gasteiger partial charge in [0.2, 0.25) is 0 Å². The quantitative estimate of drug-likeness (QED) is 0.589. The van der Waals surface area contributed by atoms with E-state index in [-0.39, 0.29) is 0 Å². The minimum absolute atomic E-state index is 0.600. The third-order valence-electron chi connectivity index (χ3n) is 3.17. The van der Waals surface area contributed by atoms with Gasteiger partial charge in [0, 0.05) is 13.1 Å². The average Bonchev–Trinajstić information content (AvgIpc) is 2.08. The first-order valence-electron chi connectivity index (χ1n) is 5.68. The second kappa shape index (κ2) is 5.61. The summed E-state index contributed by atoms with van der Waals surface area (Å²) in [4.78, 5) is 0. The Kier molecular flexibility index (Phi) is 4.74. The maximum absolute atomic E-state index is 3.57. The lowest BCUT2D eigenvalue weighted by molar-refractivity contribution is 0.130. The molecule has 0 aromatic heterocycles. The van der Waals surface area contributed by atoms with Crippen LogP contribution in [0.3, 0.4) is 0 Å². The van der Waals surface area contributed by atoms with Crippen molar-refractivity contribution in [3.05, 3.63) is 0 Å². The van der Waals surface area contributed by atoms with Crippen LogP contribution in [0.4, 0.5) is 0 Å². The SMILES string of the molecule is CCCCNCC1(CNC)CCC1. The largest absolute Gasteiger partial charge is 0.319 e. The van der Waals surface area contributed by atoms with E-state index in [2.05, 4.69) is 24.6 Å². The summed E-state index contributed by atoms with van der Waals surface area (Å²) >= 11 is 0. The first-order valence-corrected chi connectivity index (χ1v) is 5.68. The van der Waals surface area contributed by atoms with E-state index in [4.69, 9.17) is 0 Å². The molecule has 1 rings (SSSR count). The highest BCUT2D eigenvalue weighted by molar-refractivity contribution is 4.90. The lowest BCUT2D eigenvalue weighted by Gasteiger charge is -2.42. The van der Waals surface area contributed by atoms with Crippen molar-refractivity contribution in [3.63, 3.8) is 0 Å². The first-order chi connectivity index (χ1) is 6.33. The Morgan fingerprint density at radius 3 is 2.46 bits per heavy atom. The molecule has 0 aromatic rings. The zero-order valence-electron chi connectivity index (χ0n) is 9.16. The smallest absolute Gasteiger partial charge is 0.00200 e. The first kappa shape index (κ1) is 11.0. The van der Waals surface area contributed by atoms with Gasteiger partial charge in [0.25, 0.3) is 0 Å². The number of hydrogen-bond acceptors (Lipinski definition) is 2. The summed E-state index contributed by atoms with van der Waals surface area (Å²) in [6, 6.07) is 0. The van der Waals surface area contributed by atoms with E-state index in [1.807, 2.05) is 0 Å². The molecular weight excluding hydrogens is 160 g/mol. The van der Waals surface area contributed by atoms with Gasteiger partial charge in [-0.1, -0.05) is 19.8 Å². The van der Waals surface area contributed by atoms with Crippen molar-refractivity contribution in [2.45, 2.75) is 39.0 Å². The molecule has 0 saturated heterocycles. The Hall–Kier alpha value is -0.0800. The molecule has 0 atom stereocenters. The zero-order valence-corrected chi connectivity index (χ0v) is 9.16. The Bertz CT molecular complexity index is 130. The Morgan fingerprint density at radius 1 is 1.23 bits per heavy atom. The number of unbranched alkanes of at least 4 members (excludes halogenated alkanes) is 1. The van der Waals surface area contributed by atoms with Gasteiger partial charge < -0.3 is 10.6 Å². The Morgan fingerprint density at radius 2 is 2.00 bits per heavy atom. The topological polar surface area (TPSA) is 24.1 Å². The van der Waals surface area contributed by atoms with Gasteiger partial charge >= 0.3 is 0 Å². The molecule has 0 bridgehead atoms. The molecule has 0 aliphatic heterocycles. The maximum Gasteiger partial charge on any atom is 0.00200 e. The minimum atomic E-state index is 0.600. The molecule has 0 aromatic carbocycles. The zero-order chi connectivity index (χ0) is 9.57.